The highest BCUT2D eigenvalue weighted by Crippen LogP contribution is 2.23. The van der Waals surface area contributed by atoms with Crippen LogP contribution in [0.3, 0.4) is 0 Å². The van der Waals surface area contributed by atoms with Gasteiger partial charge in [0.05, 0.1) is 20.6 Å². The maximum Gasteiger partial charge on any atom is 0.127 e. The highest BCUT2D eigenvalue weighted by molar-refractivity contribution is 14.1. The van der Waals surface area contributed by atoms with Gasteiger partial charge in [0.1, 0.15) is 5.76 Å². The Balaban J connectivity index is 1.99. The molecular formula is C10H8INOS. The lowest BCUT2D eigenvalue weighted by molar-refractivity contribution is 0.528. The highest BCUT2D eigenvalue weighted by Gasteiger charge is 2.03. The molecule has 14 heavy (non-hydrogen) atoms. The fraction of sp³-hybridized carbons (Fsp3) is 0.100. The van der Waals surface area contributed by atoms with Crippen molar-refractivity contribution in [3.8, 4) is 0 Å². The number of hydrogen-bond donors (Lipinski definition) is 0. The van der Waals surface area contributed by atoms with E-state index in [-0.39, 0.29) is 0 Å². The molecule has 0 aliphatic carbocycles. The monoisotopic (exact) mass is 317 g/mol. The first kappa shape index (κ1) is 10.0. The summed E-state index contributed by atoms with van der Waals surface area (Å²) in [5, 5.41) is 1.03. The molecule has 0 saturated carbocycles. The molecule has 2 aromatic rings. The van der Waals surface area contributed by atoms with E-state index >= 15 is 0 Å². The third-order valence-electron chi connectivity index (χ3n) is 1.68. The van der Waals surface area contributed by atoms with Gasteiger partial charge in [0.25, 0.3) is 0 Å². The molecular weight excluding hydrogens is 309 g/mol. The van der Waals surface area contributed by atoms with Gasteiger partial charge in [-0.15, -0.1) is 0 Å². The van der Waals surface area contributed by atoms with Crippen LogP contribution in [-0.4, -0.2) is 4.98 Å². The maximum atomic E-state index is 5.33. The molecule has 0 radical (unpaired) electrons. The van der Waals surface area contributed by atoms with Gasteiger partial charge in [0.15, 0.2) is 0 Å². The summed E-state index contributed by atoms with van der Waals surface area (Å²) in [7, 11) is 0. The SMILES string of the molecule is Ic1ccoc1CSc1ccccn1. The van der Waals surface area contributed by atoms with E-state index in [1.807, 2.05) is 24.3 Å². The van der Waals surface area contributed by atoms with Gasteiger partial charge < -0.3 is 4.42 Å². The number of hydrogen-bond acceptors (Lipinski definition) is 3. The van der Waals surface area contributed by atoms with Crippen LogP contribution in [0.1, 0.15) is 5.76 Å². The quantitative estimate of drug-likeness (QED) is 0.639. The predicted molar refractivity (Wildman–Crippen MR) is 65.2 cm³/mol. The Morgan fingerprint density at radius 1 is 1.36 bits per heavy atom. The second-order valence-electron chi connectivity index (χ2n) is 2.65. The molecule has 2 heterocycles. The first-order valence-corrected chi connectivity index (χ1v) is 6.18. The number of furan rings is 1. The van der Waals surface area contributed by atoms with E-state index in [0.29, 0.717) is 0 Å². The lowest BCUT2D eigenvalue weighted by atomic mass is 10.5. The summed E-state index contributed by atoms with van der Waals surface area (Å²) in [5.41, 5.74) is 0. The number of nitrogens with zero attached hydrogens (tertiary/aromatic N) is 1. The second kappa shape index (κ2) is 4.84. The zero-order chi connectivity index (χ0) is 9.80. The Kier molecular flexibility index (Phi) is 3.47. The molecule has 0 bridgehead atoms. The van der Waals surface area contributed by atoms with Crippen molar-refractivity contribution in [1.29, 1.82) is 0 Å². The zero-order valence-electron chi connectivity index (χ0n) is 7.31. The van der Waals surface area contributed by atoms with E-state index < -0.39 is 0 Å². The second-order valence-corrected chi connectivity index (χ2v) is 4.81. The predicted octanol–water partition coefficient (Wildman–Crippen LogP) is 3.57. The highest BCUT2D eigenvalue weighted by atomic mass is 127. The van der Waals surface area contributed by atoms with Crippen molar-refractivity contribution < 1.29 is 4.42 Å². The first-order chi connectivity index (χ1) is 6.86. The van der Waals surface area contributed by atoms with Gasteiger partial charge in [-0.25, -0.2) is 4.98 Å². The number of thioether (sulfide) groups is 1. The van der Waals surface area contributed by atoms with Gasteiger partial charge in [0.2, 0.25) is 0 Å². The van der Waals surface area contributed by atoms with Crippen LogP contribution in [-0.2, 0) is 5.75 Å². The summed E-state index contributed by atoms with van der Waals surface area (Å²) in [6.07, 6.45) is 3.52. The molecule has 4 heteroatoms. The maximum absolute atomic E-state index is 5.33. The van der Waals surface area contributed by atoms with Gasteiger partial charge in [0, 0.05) is 6.20 Å². The molecule has 0 saturated heterocycles. The van der Waals surface area contributed by atoms with Crippen molar-refractivity contribution in [1.82, 2.24) is 4.98 Å². The van der Waals surface area contributed by atoms with E-state index in [0.717, 1.165) is 16.5 Å². The fourth-order valence-electron chi connectivity index (χ4n) is 1.00. The van der Waals surface area contributed by atoms with Crippen molar-refractivity contribution in [3.05, 3.63) is 46.1 Å². The van der Waals surface area contributed by atoms with Crippen LogP contribution < -0.4 is 0 Å². The van der Waals surface area contributed by atoms with Crippen molar-refractivity contribution in [2.45, 2.75) is 10.8 Å². The molecule has 2 rings (SSSR count). The summed E-state index contributed by atoms with van der Waals surface area (Å²) in [6, 6.07) is 7.87. The summed E-state index contributed by atoms with van der Waals surface area (Å²) < 4.78 is 6.50. The summed E-state index contributed by atoms with van der Waals surface area (Å²) in [4.78, 5) is 4.23. The minimum absolute atomic E-state index is 0.836. The van der Waals surface area contributed by atoms with E-state index in [4.69, 9.17) is 4.42 Å². The Labute approximate surface area is 100 Å². The van der Waals surface area contributed by atoms with Crippen molar-refractivity contribution in [2.24, 2.45) is 0 Å². The van der Waals surface area contributed by atoms with E-state index in [1.165, 1.54) is 3.57 Å². The van der Waals surface area contributed by atoms with Crippen LogP contribution in [0.4, 0.5) is 0 Å². The molecule has 0 aromatic carbocycles. The van der Waals surface area contributed by atoms with Crippen molar-refractivity contribution in [2.75, 3.05) is 0 Å². The first-order valence-electron chi connectivity index (χ1n) is 4.12. The average molecular weight is 317 g/mol. The molecule has 0 amide bonds. The van der Waals surface area contributed by atoms with Gasteiger partial charge in [-0.1, -0.05) is 17.8 Å². The molecule has 2 nitrogen and oxygen atoms in total. The van der Waals surface area contributed by atoms with Crippen LogP contribution in [0.2, 0.25) is 0 Å². The zero-order valence-corrected chi connectivity index (χ0v) is 10.3. The molecule has 0 spiro atoms. The topological polar surface area (TPSA) is 26.0 Å². The van der Waals surface area contributed by atoms with Crippen LogP contribution >= 0.6 is 34.4 Å². The normalized spacial score (nSPS) is 10.4. The molecule has 0 N–H and O–H groups in total. The Morgan fingerprint density at radius 3 is 2.93 bits per heavy atom. The van der Waals surface area contributed by atoms with Gasteiger partial charge in [-0.05, 0) is 40.8 Å². The van der Waals surface area contributed by atoms with Crippen molar-refractivity contribution in [3.63, 3.8) is 0 Å². The van der Waals surface area contributed by atoms with Crippen LogP contribution in [0, 0.1) is 3.57 Å². The molecule has 72 valence electrons. The standard InChI is InChI=1S/C10H8INOS/c11-8-4-6-13-9(8)7-14-10-3-1-2-5-12-10/h1-6H,7H2. The molecule has 0 atom stereocenters. The molecule has 0 fully saturated rings. The lowest BCUT2D eigenvalue weighted by Crippen LogP contribution is -1.81. The van der Waals surface area contributed by atoms with Gasteiger partial charge in [-0.3, -0.25) is 0 Å². The van der Waals surface area contributed by atoms with Gasteiger partial charge >= 0.3 is 0 Å². The van der Waals surface area contributed by atoms with E-state index in [2.05, 4.69) is 27.6 Å². The number of rotatable bonds is 3. The third kappa shape index (κ3) is 2.51. The van der Waals surface area contributed by atoms with E-state index in [9.17, 15) is 0 Å². The largest absolute Gasteiger partial charge is 0.467 e. The van der Waals surface area contributed by atoms with Crippen molar-refractivity contribution >= 4 is 34.4 Å². The smallest absolute Gasteiger partial charge is 0.127 e. The number of halogens is 1. The third-order valence-corrected chi connectivity index (χ3v) is 3.58. The Hall–Kier alpha value is -0.490. The summed E-state index contributed by atoms with van der Waals surface area (Å²) >= 11 is 3.95. The van der Waals surface area contributed by atoms with Crippen LogP contribution in [0.25, 0.3) is 0 Å². The summed E-state index contributed by atoms with van der Waals surface area (Å²) in [5.74, 6) is 1.85. The number of aromatic nitrogens is 1. The summed E-state index contributed by atoms with van der Waals surface area (Å²) in [6.45, 7) is 0. The van der Waals surface area contributed by atoms with Gasteiger partial charge in [-0.2, -0.15) is 0 Å². The Morgan fingerprint density at radius 2 is 2.29 bits per heavy atom. The molecule has 0 aliphatic heterocycles. The minimum Gasteiger partial charge on any atom is -0.467 e. The van der Waals surface area contributed by atoms with E-state index in [1.54, 1.807) is 24.2 Å². The van der Waals surface area contributed by atoms with Crippen LogP contribution in [0.5, 0.6) is 0 Å². The average Bonchev–Trinajstić information content (AvgIpc) is 2.63. The number of pyridine rings is 1. The lowest BCUT2D eigenvalue weighted by Gasteiger charge is -1.97. The fourth-order valence-corrected chi connectivity index (χ4v) is 2.54. The van der Waals surface area contributed by atoms with Crippen LogP contribution in [0.15, 0.2) is 46.2 Å². The minimum atomic E-state index is 0.836. The molecule has 0 unspecified atom stereocenters. The molecule has 2 aromatic heterocycles. The molecule has 0 aliphatic rings. The Bertz CT molecular complexity index is 402.